The standard InChI is InChI=1S/C13H17NO/c1-3-4-5-8-15-13-7-6-11(2)9-12(13)10-14/h6-7,9H,3-5,8H2,1-2H3. The summed E-state index contributed by atoms with van der Waals surface area (Å²) in [5, 5.41) is 8.92. The maximum atomic E-state index is 8.92. The Kier molecular flexibility index (Phi) is 4.70. The third-order valence-electron chi connectivity index (χ3n) is 2.26. The Morgan fingerprint density at radius 2 is 2.13 bits per heavy atom. The minimum absolute atomic E-state index is 0.631. The third kappa shape index (κ3) is 3.63. The van der Waals surface area contributed by atoms with Crippen molar-refractivity contribution >= 4 is 0 Å². The van der Waals surface area contributed by atoms with Crippen molar-refractivity contribution in [3.63, 3.8) is 0 Å². The molecule has 15 heavy (non-hydrogen) atoms. The molecule has 0 aliphatic rings. The first-order valence-corrected chi connectivity index (χ1v) is 5.41. The van der Waals surface area contributed by atoms with Gasteiger partial charge in [-0.3, -0.25) is 0 Å². The van der Waals surface area contributed by atoms with Gasteiger partial charge in [0.1, 0.15) is 11.8 Å². The highest BCUT2D eigenvalue weighted by molar-refractivity contribution is 5.45. The molecular weight excluding hydrogens is 186 g/mol. The monoisotopic (exact) mass is 203 g/mol. The summed E-state index contributed by atoms with van der Waals surface area (Å²) in [7, 11) is 0. The number of unbranched alkanes of at least 4 members (excludes halogenated alkanes) is 2. The van der Waals surface area contributed by atoms with Crippen LogP contribution in [0.5, 0.6) is 5.75 Å². The highest BCUT2D eigenvalue weighted by atomic mass is 16.5. The summed E-state index contributed by atoms with van der Waals surface area (Å²) in [5.74, 6) is 0.708. The lowest BCUT2D eigenvalue weighted by Crippen LogP contribution is -1.99. The molecule has 80 valence electrons. The number of benzene rings is 1. The van der Waals surface area contributed by atoms with Gasteiger partial charge in [0.2, 0.25) is 0 Å². The van der Waals surface area contributed by atoms with Gasteiger partial charge in [-0.2, -0.15) is 5.26 Å². The molecule has 0 unspecified atom stereocenters. The topological polar surface area (TPSA) is 33.0 Å². The molecule has 1 rings (SSSR count). The molecule has 0 radical (unpaired) electrons. The first-order valence-electron chi connectivity index (χ1n) is 5.41. The summed E-state index contributed by atoms with van der Waals surface area (Å²) in [4.78, 5) is 0. The number of rotatable bonds is 5. The first kappa shape index (κ1) is 11.6. The molecule has 0 aliphatic carbocycles. The molecule has 0 saturated carbocycles. The van der Waals surface area contributed by atoms with Crippen molar-refractivity contribution in [2.45, 2.75) is 33.1 Å². The smallest absolute Gasteiger partial charge is 0.137 e. The van der Waals surface area contributed by atoms with Gasteiger partial charge < -0.3 is 4.74 Å². The van der Waals surface area contributed by atoms with Crippen molar-refractivity contribution in [1.29, 1.82) is 5.26 Å². The lowest BCUT2D eigenvalue weighted by atomic mass is 10.1. The van der Waals surface area contributed by atoms with Crippen LogP contribution in [-0.4, -0.2) is 6.61 Å². The molecular formula is C13H17NO. The molecule has 0 fully saturated rings. The van der Waals surface area contributed by atoms with Crippen LogP contribution in [0.15, 0.2) is 18.2 Å². The van der Waals surface area contributed by atoms with Gasteiger partial charge in [-0.25, -0.2) is 0 Å². The minimum atomic E-state index is 0.631. The molecule has 0 amide bonds. The fraction of sp³-hybridized carbons (Fsp3) is 0.462. The fourth-order valence-electron chi connectivity index (χ4n) is 1.39. The van der Waals surface area contributed by atoms with E-state index in [2.05, 4.69) is 13.0 Å². The first-order chi connectivity index (χ1) is 7.27. The molecule has 1 aromatic carbocycles. The van der Waals surface area contributed by atoms with E-state index in [-0.39, 0.29) is 0 Å². The van der Waals surface area contributed by atoms with E-state index in [1.165, 1.54) is 12.8 Å². The Balaban J connectivity index is 2.57. The summed E-state index contributed by atoms with van der Waals surface area (Å²) >= 11 is 0. The van der Waals surface area contributed by atoms with Crippen LogP contribution < -0.4 is 4.74 Å². The zero-order valence-corrected chi connectivity index (χ0v) is 9.42. The molecule has 0 spiro atoms. The van der Waals surface area contributed by atoms with E-state index >= 15 is 0 Å². The lowest BCUT2D eigenvalue weighted by Gasteiger charge is -2.07. The van der Waals surface area contributed by atoms with Crippen LogP contribution in [0.25, 0.3) is 0 Å². The number of hydrogen-bond acceptors (Lipinski definition) is 2. The van der Waals surface area contributed by atoms with E-state index in [0.717, 1.165) is 12.0 Å². The van der Waals surface area contributed by atoms with Gasteiger partial charge in [0.25, 0.3) is 0 Å². The predicted octanol–water partition coefficient (Wildman–Crippen LogP) is 3.44. The molecule has 2 nitrogen and oxygen atoms in total. The Morgan fingerprint density at radius 3 is 2.80 bits per heavy atom. The molecule has 0 atom stereocenters. The summed E-state index contributed by atoms with van der Waals surface area (Å²) in [6.45, 7) is 4.83. The molecule has 2 heteroatoms. The second kappa shape index (κ2) is 6.08. The molecule has 0 bridgehead atoms. The van der Waals surface area contributed by atoms with Crippen LogP contribution >= 0.6 is 0 Å². The number of ether oxygens (including phenoxy) is 1. The maximum absolute atomic E-state index is 8.92. The van der Waals surface area contributed by atoms with Crippen LogP contribution in [0, 0.1) is 18.3 Å². The largest absolute Gasteiger partial charge is 0.492 e. The van der Waals surface area contributed by atoms with Crippen molar-refractivity contribution in [2.75, 3.05) is 6.61 Å². The van der Waals surface area contributed by atoms with Gasteiger partial charge in [-0.15, -0.1) is 0 Å². The Morgan fingerprint density at radius 1 is 1.33 bits per heavy atom. The van der Waals surface area contributed by atoms with Gasteiger partial charge >= 0.3 is 0 Å². The SMILES string of the molecule is CCCCCOc1ccc(C)cc1C#N. The quantitative estimate of drug-likeness (QED) is 0.687. The van der Waals surface area contributed by atoms with Gasteiger partial charge in [-0.1, -0.05) is 25.8 Å². The third-order valence-corrected chi connectivity index (χ3v) is 2.26. The summed E-state index contributed by atoms with van der Waals surface area (Å²) < 4.78 is 5.56. The van der Waals surface area contributed by atoms with Gasteiger partial charge in [0.15, 0.2) is 0 Å². The van der Waals surface area contributed by atoms with Crippen molar-refractivity contribution in [2.24, 2.45) is 0 Å². The lowest BCUT2D eigenvalue weighted by molar-refractivity contribution is 0.305. The van der Waals surface area contributed by atoms with Gasteiger partial charge in [0, 0.05) is 0 Å². The average Bonchev–Trinajstić information content (AvgIpc) is 2.26. The Hall–Kier alpha value is -1.49. The van der Waals surface area contributed by atoms with E-state index in [4.69, 9.17) is 10.00 Å². The zero-order valence-electron chi connectivity index (χ0n) is 9.42. The number of hydrogen-bond donors (Lipinski definition) is 0. The minimum Gasteiger partial charge on any atom is -0.492 e. The van der Waals surface area contributed by atoms with Gasteiger partial charge in [0.05, 0.1) is 12.2 Å². The summed E-state index contributed by atoms with van der Waals surface area (Å²) in [6, 6.07) is 7.85. The summed E-state index contributed by atoms with van der Waals surface area (Å²) in [6.07, 6.45) is 3.41. The zero-order chi connectivity index (χ0) is 11.1. The van der Waals surface area contributed by atoms with E-state index < -0.39 is 0 Å². The van der Waals surface area contributed by atoms with Crippen LogP contribution in [0.4, 0.5) is 0 Å². The molecule has 1 aromatic rings. The van der Waals surface area contributed by atoms with E-state index in [0.29, 0.717) is 17.9 Å². The number of nitrogens with zero attached hydrogens (tertiary/aromatic N) is 1. The summed E-state index contributed by atoms with van der Waals surface area (Å²) in [5.41, 5.74) is 1.72. The predicted molar refractivity (Wildman–Crippen MR) is 60.9 cm³/mol. The molecule has 0 saturated heterocycles. The van der Waals surface area contributed by atoms with Crippen molar-refractivity contribution in [3.05, 3.63) is 29.3 Å². The van der Waals surface area contributed by atoms with E-state index in [1.807, 2.05) is 25.1 Å². The normalized spacial score (nSPS) is 9.67. The maximum Gasteiger partial charge on any atom is 0.137 e. The highest BCUT2D eigenvalue weighted by Gasteiger charge is 2.02. The van der Waals surface area contributed by atoms with Crippen LogP contribution in [-0.2, 0) is 0 Å². The average molecular weight is 203 g/mol. The van der Waals surface area contributed by atoms with E-state index in [1.54, 1.807) is 0 Å². The van der Waals surface area contributed by atoms with Crippen molar-refractivity contribution in [1.82, 2.24) is 0 Å². The molecule has 0 N–H and O–H groups in total. The van der Waals surface area contributed by atoms with Crippen LogP contribution in [0.1, 0.15) is 37.3 Å². The second-order valence-electron chi connectivity index (χ2n) is 3.67. The Bertz CT molecular complexity index is 352. The fourth-order valence-corrected chi connectivity index (χ4v) is 1.39. The molecule has 0 heterocycles. The second-order valence-corrected chi connectivity index (χ2v) is 3.67. The van der Waals surface area contributed by atoms with E-state index in [9.17, 15) is 0 Å². The Labute approximate surface area is 91.5 Å². The van der Waals surface area contributed by atoms with Crippen LogP contribution in [0.2, 0.25) is 0 Å². The number of nitriles is 1. The highest BCUT2D eigenvalue weighted by Crippen LogP contribution is 2.19. The van der Waals surface area contributed by atoms with Crippen molar-refractivity contribution in [3.8, 4) is 11.8 Å². The number of aryl methyl sites for hydroxylation is 1. The van der Waals surface area contributed by atoms with Gasteiger partial charge in [-0.05, 0) is 31.0 Å². The van der Waals surface area contributed by atoms with Crippen molar-refractivity contribution < 1.29 is 4.74 Å². The molecule has 0 aromatic heterocycles. The molecule has 0 aliphatic heterocycles. The van der Waals surface area contributed by atoms with Crippen LogP contribution in [0.3, 0.4) is 0 Å².